The van der Waals surface area contributed by atoms with E-state index in [1.54, 1.807) is 16.9 Å². The van der Waals surface area contributed by atoms with E-state index >= 15 is 0 Å². The first-order valence-corrected chi connectivity index (χ1v) is 10.3. The van der Waals surface area contributed by atoms with Crippen molar-refractivity contribution >= 4 is 16.4 Å². The standard InChI is InChI=1S/C21H23N9O2/c1-14-11-17(27-32-14)20-25-24-19-15-7-4-5-8-16(15)21(26-30(19)20)31-12-18-22-13-23-29(18)10-6-9-28(2)3/h4-5,7-8,11,13H,6,9-10,12H2,1-3H3. The van der Waals surface area contributed by atoms with E-state index in [-0.39, 0.29) is 6.61 Å². The molecule has 4 heterocycles. The Bertz CT molecular complexity index is 1370. The average Bonchev–Trinajstić information content (AvgIpc) is 3.51. The van der Waals surface area contributed by atoms with Gasteiger partial charge in [-0.05, 0) is 40.1 Å². The maximum absolute atomic E-state index is 6.14. The average molecular weight is 433 g/mol. The molecule has 0 saturated heterocycles. The Morgan fingerprint density at radius 1 is 1.12 bits per heavy atom. The number of rotatable bonds is 8. The van der Waals surface area contributed by atoms with Crippen LogP contribution in [0.15, 0.2) is 41.2 Å². The summed E-state index contributed by atoms with van der Waals surface area (Å²) < 4.78 is 14.8. The molecule has 0 bridgehead atoms. The fourth-order valence-corrected chi connectivity index (χ4v) is 3.55. The molecule has 0 N–H and O–H groups in total. The second-order valence-electron chi connectivity index (χ2n) is 7.78. The van der Waals surface area contributed by atoms with Crippen LogP contribution in [0, 0.1) is 6.92 Å². The number of ether oxygens (including phenoxy) is 1. The number of hydrogen-bond acceptors (Lipinski definition) is 9. The van der Waals surface area contributed by atoms with E-state index < -0.39 is 0 Å². The fraction of sp³-hybridized carbons (Fsp3) is 0.333. The van der Waals surface area contributed by atoms with E-state index in [0.29, 0.717) is 28.8 Å². The van der Waals surface area contributed by atoms with Crippen LogP contribution in [0.5, 0.6) is 5.88 Å². The molecule has 0 spiro atoms. The van der Waals surface area contributed by atoms with Crippen molar-refractivity contribution in [1.29, 1.82) is 0 Å². The largest absolute Gasteiger partial charge is 0.468 e. The molecule has 0 saturated carbocycles. The van der Waals surface area contributed by atoms with Crippen molar-refractivity contribution in [2.75, 3.05) is 20.6 Å². The van der Waals surface area contributed by atoms with Gasteiger partial charge in [-0.3, -0.25) is 0 Å². The number of aryl methyl sites for hydroxylation is 2. The van der Waals surface area contributed by atoms with Crippen molar-refractivity contribution in [3.8, 4) is 17.4 Å². The van der Waals surface area contributed by atoms with Crippen LogP contribution in [0.25, 0.3) is 27.9 Å². The summed E-state index contributed by atoms with van der Waals surface area (Å²) in [4.78, 5) is 6.51. The molecule has 5 rings (SSSR count). The van der Waals surface area contributed by atoms with Gasteiger partial charge in [-0.2, -0.15) is 9.61 Å². The summed E-state index contributed by atoms with van der Waals surface area (Å²) in [6, 6.07) is 9.60. The van der Waals surface area contributed by atoms with Crippen molar-refractivity contribution in [3.05, 3.63) is 48.2 Å². The molecule has 11 nitrogen and oxygen atoms in total. The maximum atomic E-state index is 6.14. The normalized spacial score (nSPS) is 11.8. The lowest BCUT2D eigenvalue weighted by molar-refractivity contribution is 0.273. The molecule has 11 heteroatoms. The Balaban J connectivity index is 1.48. The van der Waals surface area contributed by atoms with Gasteiger partial charge in [0.1, 0.15) is 18.7 Å². The maximum Gasteiger partial charge on any atom is 0.240 e. The van der Waals surface area contributed by atoms with Gasteiger partial charge in [0.15, 0.2) is 17.2 Å². The van der Waals surface area contributed by atoms with Crippen molar-refractivity contribution in [2.24, 2.45) is 0 Å². The van der Waals surface area contributed by atoms with Crippen LogP contribution < -0.4 is 4.74 Å². The van der Waals surface area contributed by atoms with Crippen LogP contribution in [-0.4, -0.2) is 65.3 Å². The predicted molar refractivity (Wildman–Crippen MR) is 116 cm³/mol. The molecule has 0 aliphatic heterocycles. The second-order valence-corrected chi connectivity index (χ2v) is 7.78. The third-order valence-electron chi connectivity index (χ3n) is 5.10. The number of nitrogens with zero attached hydrogens (tertiary/aromatic N) is 9. The number of aromatic nitrogens is 8. The van der Waals surface area contributed by atoms with Gasteiger partial charge in [-0.15, -0.1) is 15.3 Å². The van der Waals surface area contributed by atoms with E-state index in [9.17, 15) is 0 Å². The first-order chi connectivity index (χ1) is 15.6. The SMILES string of the molecule is Cc1cc(-c2nnc3c4ccccc4c(OCc4ncnn4CCCN(C)C)nn23)no1. The first-order valence-electron chi connectivity index (χ1n) is 10.3. The molecule has 0 radical (unpaired) electrons. The van der Waals surface area contributed by atoms with Gasteiger partial charge >= 0.3 is 0 Å². The smallest absolute Gasteiger partial charge is 0.240 e. The van der Waals surface area contributed by atoms with Crippen molar-refractivity contribution in [1.82, 2.24) is 44.6 Å². The van der Waals surface area contributed by atoms with Gasteiger partial charge in [0.2, 0.25) is 11.7 Å². The highest BCUT2D eigenvalue weighted by atomic mass is 16.5. The molecule has 0 fully saturated rings. The lowest BCUT2D eigenvalue weighted by Gasteiger charge is -2.12. The molecule has 0 aliphatic carbocycles. The molecule has 0 aliphatic rings. The zero-order chi connectivity index (χ0) is 22.1. The molecule has 4 aromatic heterocycles. The quantitative estimate of drug-likeness (QED) is 0.364. The Labute approximate surface area is 183 Å². The highest BCUT2D eigenvalue weighted by Crippen LogP contribution is 2.29. The number of benzene rings is 1. The zero-order valence-corrected chi connectivity index (χ0v) is 18.1. The van der Waals surface area contributed by atoms with Crippen LogP contribution in [-0.2, 0) is 13.2 Å². The minimum atomic E-state index is 0.241. The summed E-state index contributed by atoms with van der Waals surface area (Å²) in [6.07, 6.45) is 2.52. The summed E-state index contributed by atoms with van der Waals surface area (Å²) in [5.41, 5.74) is 1.18. The first kappa shape index (κ1) is 20.1. The molecule has 0 atom stereocenters. The Hall–Kier alpha value is -3.86. The van der Waals surface area contributed by atoms with E-state index in [1.807, 2.05) is 35.9 Å². The fourth-order valence-electron chi connectivity index (χ4n) is 3.55. The Morgan fingerprint density at radius 2 is 1.97 bits per heavy atom. The van der Waals surface area contributed by atoms with Gasteiger partial charge in [-0.25, -0.2) is 9.67 Å². The Kier molecular flexibility index (Phi) is 5.23. The van der Waals surface area contributed by atoms with Gasteiger partial charge < -0.3 is 14.2 Å². The van der Waals surface area contributed by atoms with Gasteiger partial charge in [0.25, 0.3) is 0 Å². The summed E-state index contributed by atoms with van der Waals surface area (Å²) in [5.74, 6) is 2.37. The molecule has 1 aromatic carbocycles. The molecule has 0 unspecified atom stereocenters. The van der Waals surface area contributed by atoms with Crippen LogP contribution in [0.4, 0.5) is 0 Å². The lowest BCUT2D eigenvalue weighted by atomic mass is 10.2. The molecular formula is C21H23N9O2. The van der Waals surface area contributed by atoms with E-state index in [1.165, 1.54) is 0 Å². The third kappa shape index (κ3) is 3.78. The molecule has 164 valence electrons. The highest BCUT2D eigenvalue weighted by Gasteiger charge is 2.18. The van der Waals surface area contributed by atoms with Crippen LogP contribution in [0.3, 0.4) is 0 Å². The molecule has 0 amide bonds. The summed E-state index contributed by atoms with van der Waals surface area (Å²) in [7, 11) is 4.11. The minimum absolute atomic E-state index is 0.241. The molecule has 5 aromatic rings. The topological polar surface area (TPSA) is 112 Å². The van der Waals surface area contributed by atoms with Crippen LogP contribution in [0.1, 0.15) is 18.0 Å². The van der Waals surface area contributed by atoms with Crippen molar-refractivity contribution in [2.45, 2.75) is 26.5 Å². The molecular weight excluding hydrogens is 410 g/mol. The van der Waals surface area contributed by atoms with Crippen molar-refractivity contribution in [3.63, 3.8) is 0 Å². The van der Waals surface area contributed by atoms with Gasteiger partial charge in [0.05, 0.1) is 0 Å². The third-order valence-corrected chi connectivity index (χ3v) is 5.10. The van der Waals surface area contributed by atoms with E-state index in [2.05, 4.69) is 49.5 Å². The van der Waals surface area contributed by atoms with E-state index in [0.717, 1.165) is 36.1 Å². The van der Waals surface area contributed by atoms with Crippen molar-refractivity contribution < 1.29 is 9.26 Å². The monoisotopic (exact) mass is 433 g/mol. The second kappa shape index (κ2) is 8.35. The highest BCUT2D eigenvalue weighted by molar-refractivity contribution is 5.96. The lowest BCUT2D eigenvalue weighted by Crippen LogP contribution is -2.17. The van der Waals surface area contributed by atoms with Gasteiger partial charge in [-0.1, -0.05) is 23.4 Å². The van der Waals surface area contributed by atoms with Crippen LogP contribution >= 0.6 is 0 Å². The minimum Gasteiger partial charge on any atom is -0.468 e. The Morgan fingerprint density at radius 3 is 2.75 bits per heavy atom. The predicted octanol–water partition coefficient (Wildman–Crippen LogP) is 2.36. The van der Waals surface area contributed by atoms with E-state index in [4.69, 9.17) is 9.26 Å². The number of fused-ring (bicyclic) bond motifs is 3. The molecule has 32 heavy (non-hydrogen) atoms. The zero-order valence-electron chi connectivity index (χ0n) is 18.1. The van der Waals surface area contributed by atoms with Gasteiger partial charge in [0, 0.05) is 23.4 Å². The number of hydrogen-bond donors (Lipinski definition) is 0. The summed E-state index contributed by atoms with van der Waals surface area (Å²) in [6.45, 7) is 3.81. The summed E-state index contributed by atoms with van der Waals surface area (Å²) >= 11 is 0. The summed E-state index contributed by atoms with van der Waals surface area (Å²) in [5, 5.41) is 23.4. The van der Waals surface area contributed by atoms with Crippen LogP contribution in [0.2, 0.25) is 0 Å².